The molecule has 0 saturated carbocycles. The summed E-state index contributed by atoms with van der Waals surface area (Å²) in [6.45, 7) is 2.05. The molecule has 0 aromatic heterocycles. The average Bonchev–Trinajstić information content (AvgIpc) is 2.48. The SMILES string of the molecule is CN1CCC(N(CCO)C(=O)c2ccc(Br)c(F)c2)CC1. The number of amides is 1. The second-order valence-corrected chi connectivity index (χ2v) is 6.24. The van der Waals surface area contributed by atoms with Crippen LogP contribution >= 0.6 is 15.9 Å². The molecule has 1 saturated heterocycles. The van der Waals surface area contributed by atoms with Gasteiger partial charge < -0.3 is 14.9 Å². The number of piperidine rings is 1. The topological polar surface area (TPSA) is 43.8 Å². The van der Waals surface area contributed by atoms with Crippen LogP contribution in [0.15, 0.2) is 22.7 Å². The minimum Gasteiger partial charge on any atom is -0.395 e. The van der Waals surface area contributed by atoms with Crippen molar-refractivity contribution < 1.29 is 14.3 Å². The number of halogens is 2. The van der Waals surface area contributed by atoms with Crippen LogP contribution in [-0.4, -0.2) is 60.1 Å². The molecular weight excluding hydrogens is 339 g/mol. The van der Waals surface area contributed by atoms with Crippen molar-refractivity contribution in [1.29, 1.82) is 0 Å². The molecule has 0 atom stereocenters. The highest BCUT2D eigenvalue weighted by molar-refractivity contribution is 9.10. The van der Waals surface area contributed by atoms with Gasteiger partial charge in [0.05, 0.1) is 11.1 Å². The van der Waals surface area contributed by atoms with Gasteiger partial charge in [-0.05, 0) is 67.1 Å². The lowest BCUT2D eigenvalue weighted by Gasteiger charge is -2.37. The maximum Gasteiger partial charge on any atom is 0.254 e. The third-order valence-corrected chi connectivity index (χ3v) is 4.54. The van der Waals surface area contributed by atoms with Crippen molar-refractivity contribution in [3.05, 3.63) is 34.1 Å². The Hall–Kier alpha value is -0.980. The van der Waals surface area contributed by atoms with Crippen molar-refractivity contribution in [2.24, 2.45) is 0 Å². The van der Waals surface area contributed by atoms with Gasteiger partial charge in [0.2, 0.25) is 0 Å². The smallest absolute Gasteiger partial charge is 0.254 e. The first-order chi connectivity index (χ1) is 10.0. The lowest BCUT2D eigenvalue weighted by Crippen LogP contribution is -2.47. The number of carbonyl (C=O) groups is 1. The molecule has 0 bridgehead atoms. The van der Waals surface area contributed by atoms with E-state index >= 15 is 0 Å². The molecule has 6 heteroatoms. The molecule has 1 aliphatic heterocycles. The summed E-state index contributed by atoms with van der Waals surface area (Å²) in [7, 11) is 2.05. The molecule has 4 nitrogen and oxygen atoms in total. The summed E-state index contributed by atoms with van der Waals surface area (Å²) in [6, 6.07) is 4.49. The van der Waals surface area contributed by atoms with Crippen LogP contribution < -0.4 is 0 Å². The fourth-order valence-electron chi connectivity index (χ4n) is 2.66. The average molecular weight is 359 g/mol. The van der Waals surface area contributed by atoms with Crippen molar-refractivity contribution in [2.45, 2.75) is 18.9 Å². The number of rotatable bonds is 4. The minimum atomic E-state index is -0.451. The molecule has 1 N–H and O–H groups in total. The van der Waals surface area contributed by atoms with Gasteiger partial charge in [-0.1, -0.05) is 0 Å². The molecule has 21 heavy (non-hydrogen) atoms. The third kappa shape index (κ3) is 4.02. The Bertz CT molecular complexity index is 504. The molecular formula is C15H20BrFN2O2. The highest BCUT2D eigenvalue weighted by Gasteiger charge is 2.27. The predicted molar refractivity (Wildman–Crippen MR) is 82.7 cm³/mol. The van der Waals surface area contributed by atoms with Crippen LogP contribution in [0.2, 0.25) is 0 Å². The van der Waals surface area contributed by atoms with E-state index in [1.807, 2.05) is 0 Å². The number of aliphatic hydroxyl groups excluding tert-OH is 1. The van der Waals surface area contributed by atoms with Gasteiger partial charge in [-0.2, -0.15) is 0 Å². The van der Waals surface area contributed by atoms with E-state index in [0.717, 1.165) is 25.9 Å². The van der Waals surface area contributed by atoms with E-state index in [1.165, 1.54) is 12.1 Å². The minimum absolute atomic E-state index is 0.0862. The summed E-state index contributed by atoms with van der Waals surface area (Å²) < 4.78 is 13.9. The van der Waals surface area contributed by atoms with Gasteiger partial charge in [0, 0.05) is 18.2 Å². The molecule has 1 fully saturated rings. The second-order valence-electron chi connectivity index (χ2n) is 5.39. The highest BCUT2D eigenvalue weighted by atomic mass is 79.9. The first kappa shape index (κ1) is 16.4. The van der Waals surface area contributed by atoms with E-state index in [-0.39, 0.29) is 25.1 Å². The second kappa shape index (κ2) is 7.33. The lowest BCUT2D eigenvalue weighted by molar-refractivity contribution is 0.0539. The monoisotopic (exact) mass is 358 g/mol. The Kier molecular flexibility index (Phi) is 5.72. The van der Waals surface area contributed by atoms with Gasteiger partial charge >= 0.3 is 0 Å². The summed E-state index contributed by atoms with van der Waals surface area (Å²) in [4.78, 5) is 16.5. The molecule has 0 spiro atoms. The molecule has 1 amide bonds. The quantitative estimate of drug-likeness (QED) is 0.896. The van der Waals surface area contributed by atoms with Crippen LogP contribution in [0.4, 0.5) is 4.39 Å². The first-order valence-electron chi connectivity index (χ1n) is 7.08. The number of carbonyl (C=O) groups excluding carboxylic acids is 1. The predicted octanol–water partition coefficient (Wildman–Crippen LogP) is 2.12. The lowest BCUT2D eigenvalue weighted by atomic mass is 10.0. The van der Waals surface area contributed by atoms with E-state index in [9.17, 15) is 14.3 Å². The van der Waals surface area contributed by atoms with E-state index in [4.69, 9.17) is 0 Å². The van der Waals surface area contributed by atoms with Gasteiger partial charge in [0.1, 0.15) is 5.82 Å². The van der Waals surface area contributed by atoms with E-state index in [0.29, 0.717) is 10.0 Å². The Morgan fingerprint density at radius 3 is 2.71 bits per heavy atom. The maximum absolute atomic E-state index is 13.6. The molecule has 116 valence electrons. The van der Waals surface area contributed by atoms with Gasteiger partial charge in [-0.3, -0.25) is 4.79 Å². The Morgan fingerprint density at radius 2 is 2.14 bits per heavy atom. The zero-order chi connectivity index (χ0) is 15.4. The Morgan fingerprint density at radius 1 is 1.48 bits per heavy atom. The summed E-state index contributed by atoms with van der Waals surface area (Å²) in [5, 5.41) is 9.23. The van der Waals surface area contributed by atoms with Crippen LogP contribution in [-0.2, 0) is 0 Å². The van der Waals surface area contributed by atoms with Crippen LogP contribution in [0.25, 0.3) is 0 Å². The summed E-state index contributed by atoms with van der Waals surface area (Å²) in [6.07, 6.45) is 1.75. The Labute approximate surface area is 132 Å². The van der Waals surface area contributed by atoms with Gasteiger partial charge in [-0.15, -0.1) is 0 Å². The number of aliphatic hydroxyl groups is 1. The number of likely N-dealkylation sites (tertiary alicyclic amines) is 1. The summed E-state index contributed by atoms with van der Waals surface area (Å²) >= 11 is 3.08. The van der Waals surface area contributed by atoms with Gasteiger partial charge in [-0.25, -0.2) is 4.39 Å². The van der Waals surface area contributed by atoms with Crippen LogP contribution in [0.3, 0.4) is 0 Å². The zero-order valence-corrected chi connectivity index (χ0v) is 13.6. The fraction of sp³-hybridized carbons (Fsp3) is 0.533. The summed E-state index contributed by atoms with van der Waals surface area (Å²) in [5.74, 6) is -0.668. The molecule has 1 heterocycles. The van der Waals surface area contributed by atoms with Crippen molar-refractivity contribution in [2.75, 3.05) is 33.3 Å². The number of benzene rings is 1. The molecule has 2 rings (SSSR count). The number of hydrogen-bond acceptors (Lipinski definition) is 3. The van der Waals surface area contributed by atoms with E-state index in [2.05, 4.69) is 27.9 Å². The number of nitrogens with zero attached hydrogens (tertiary/aromatic N) is 2. The van der Waals surface area contributed by atoms with Gasteiger partial charge in [0.25, 0.3) is 5.91 Å². The number of hydrogen-bond donors (Lipinski definition) is 1. The van der Waals surface area contributed by atoms with Gasteiger partial charge in [0.15, 0.2) is 0 Å². The fourth-order valence-corrected chi connectivity index (χ4v) is 2.91. The maximum atomic E-state index is 13.6. The standard InChI is InChI=1S/C15H20BrFN2O2/c1-18-6-4-12(5-7-18)19(8-9-20)15(21)11-2-3-13(16)14(17)10-11/h2-3,10,12,20H,4-9H2,1H3. The largest absolute Gasteiger partial charge is 0.395 e. The first-order valence-corrected chi connectivity index (χ1v) is 7.87. The van der Waals surface area contributed by atoms with Crippen LogP contribution in [0.1, 0.15) is 23.2 Å². The normalized spacial score (nSPS) is 17.0. The highest BCUT2D eigenvalue weighted by Crippen LogP contribution is 2.21. The zero-order valence-electron chi connectivity index (χ0n) is 12.1. The van der Waals surface area contributed by atoms with Crippen LogP contribution in [0, 0.1) is 5.82 Å². The van der Waals surface area contributed by atoms with Crippen molar-refractivity contribution >= 4 is 21.8 Å². The van der Waals surface area contributed by atoms with E-state index in [1.54, 1.807) is 11.0 Å². The van der Waals surface area contributed by atoms with E-state index < -0.39 is 5.82 Å². The summed E-state index contributed by atoms with van der Waals surface area (Å²) in [5.41, 5.74) is 0.322. The molecule has 0 unspecified atom stereocenters. The molecule has 0 aliphatic carbocycles. The Balaban J connectivity index is 2.16. The van der Waals surface area contributed by atoms with Crippen molar-refractivity contribution in [3.8, 4) is 0 Å². The third-order valence-electron chi connectivity index (χ3n) is 3.90. The van der Waals surface area contributed by atoms with Crippen LogP contribution in [0.5, 0.6) is 0 Å². The van der Waals surface area contributed by atoms with Crippen molar-refractivity contribution in [1.82, 2.24) is 9.80 Å². The molecule has 0 radical (unpaired) electrons. The molecule has 1 aromatic carbocycles. The molecule has 1 aromatic rings. The van der Waals surface area contributed by atoms with Crippen molar-refractivity contribution in [3.63, 3.8) is 0 Å². The molecule has 1 aliphatic rings.